The lowest BCUT2D eigenvalue weighted by molar-refractivity contribution is -0.132. The van der Waals surface area contributed by atoms with Gasteiger partial charge in [0.05, 0.1) is 23.9 Å². The van der Waals surface area contributed by atoms with E-state index in [9.17, 15) is 14.0 Å². The summed E-state index contributed by atoms with van der Waals surface area (Å²) in [7, 11) is 1.62. The summed E-state index contributed by atoms with van der Waals surface area (Å²) in [6.07, 6.45) is 2.69. The van der Waals surface area contributed by atoms with E-state index in [1.807, 2.05) is 29.2 Å². The number of aryl methyl sites for hydroxylation is 1. The van der Waals surface area contributed by atoms with E-state index in [0.717, 1.165) is 24.2 Å². The Morgan fingerprint density at radius 3 is 2.69 bits per heavy atom. The zero-order chi connectivity index (χ0) is 22.7. The summed E-state index contributed by atoms with van der Waals surface area (Å²) in [5.41, 5.74) is 8.18. The Morgan fingerprint density at radius 2 is 1.97 bits per heavy atom. The largest absolute Gasteiger partial charge is 0.497 e. The van der Waals surface area contributed by atoms with Crippen molar-refractivity contribution in [2.24, 2.45) is 5.73 Å². The smallest absolute Gasteiger partial charge is 0.250 e. The van der Waals surface area contributed by atoms with Crippen LogP contribution in [0.4, 0.5) is 4.39 Å². The zero-order valence-electron chi connectivity index (χ0n) is 18.0. The maximum atomic E-state index is 13.6. The number of piperidine rings is 1. The monoisotopic (exact) mass is 435 g/mol. The van der Waals surface area contributed by atoms with Gasteiger partial charge >= 0.3 is 0 Å². The summed E-state index contributed by atoms with van der Waals surface area (Å²) in [6, 6.07) is 13.6. The van der Waals surface area contributed by atoms with Gasteiger partial charge in [-0.15, -0.1) is 0 Å². The molecule has 0 aliphatic carbocycles. The first-order valence-corrected chi connectivity index (χ1v) is 10.8. The standard InChI is InChI=1S/C25H26FN3O3/c1-32-20-8-4-16(5-9-20)6-11-23(30)29-12-2-3-17(15-29)24-21(25(27)31)14-18-13-19(26)7-10-22(18)28-24/h4-5,7-10,13-14,17H,2-3,6,11-12,15H2,1H3,(H2,27,31). The third-order valence-electron chi connectivity index (χ3n) is 6.02. The molecule has 2 amide bonds. The molecule has 0 spiro atoms. The Labute approximate surface area is 186 Å². The zero-order valence-corrected chi connectivity index (χ0v) is 18.0. The van der Waals surface area contributed by atoms with Crippen LogP contribution >= 0.6 is 0 Å². The molecule has 1 unspecified atom stereocenters. The SMILES string of the molecule is COc1ccc(CCC(=O)N2CCCC(c3nc4ccc(F)cc4cc3C(N)=O)C2)cc1. The van der Waals surface area contributed by atoms with Crippen molar-refractivity contribution < 1.29 is 18.7 Å². The van der Waals surface area contributed by atoms with Gasteiger partial charge < -0.3 is 15.4 Å². The second-order valence-corrected chi connectivity index (χ2v) is 8.15. The quantitative estimate of drug-likeness (QED) is 0.638. The summed E-state index contributed by atoms with van der Waals surface area (Å²) >= 11 is 0. The number of carbonyl (C=O) groups is 2. The van der Waals surface area contributed by atoms with Crippen molar-refractivity contribution in [2.75, 3.05) is 20.2 Å². The summed E-state index contributed by atoms with van der Waals surface area (Å²) < 4.78 is 18.8. The van der Waals surface area contributed by atoms with Crippen LogP contribution in [0.3, 0.4) is 0 Å². The van der Waals surface area contributed by atoms with Gasteiger partial charge in [-0.1, -0.05) is 12.1 Å². The molecule has 6 nitrogen and oxygen atoms in total. The Kier molecular flexibility index (Phi) is 6.35. The number of rotatable bonds is 6. The van der Waals surface area contributed by atoms with Gasteiger partial charge in [-0.05, 0) is 61.2 Å². The van der Waals surface area contributed by atoms with Crippen molar-refractivity contribution in [3.63, 3.8) is 0 Å². The van der Waals surface area contributed by atoms with Crippen molar-refractivity contribution in [3.8, 4) is 5.75 Å². The number of hydrogen-bond acceptors (Lipinski definition) is 4. The van der Waals surface area contributed by atoms with Crippen molar-refractivity contribution >= 4 is 22.7 Å². The number of aromatic nitrogens is 1. The first-order valence-electron chi connectivity index (χ1n) is 10.8. The maximum absolute atomic E-state index is 13.6. The highest BCUT2D eigenvalue weighted by Crippen LogP contribution is 2.30. The number of amides is 2. The van der Waals surface area contributed by atoms with E-state index in [4.69, 9.17) is 10.5 Å². The van der Waals surface area contributed by atoms with Gasteiger partial charge in [-0.2, -0.15) is 0 Å². The fourth-order valence-corrected chi connectivity index (χ4v) is 4.30. The number of methoxy groups -OCH3 is 1. The number of carbonyl (C=O) groups excluding carboxylic acids is 2. The third kappa shape index (κ3) is 4.72. The predicted octanol–water partition coefficient (Wildman–Crippen LogP) is 3.82. The lowest BCUT2D eigenvalue weighted by atomic mass is 9.90. The van der Waals surface area contributed by atoms with Crippen LogP contribution in [-0.4, -0.2) is 41.9 Å². The minimum absolute atomic E-state index is 0.0778. The number of hydrogen-bond donors (Lipinski definition) is 1. The lowest BCUT2D eigenvalue weighted by Crippen LogP contribution is -2.40. The van der Waals surface area contributed by atoms with E-state index < -0.39 is 11.7 Å². The van der Waals surface area contributed by atoms with Crippen LogP contribution in [0.5, 0.6) is 5.75 Å². The fourth-order valence-electron chi connectivity index (χ4n) is 4.30. The fraction of sp³-hybridized carbons (Fsp3) is 0.320. The first-order chi connectivity index (χ1) is 15.4. The minimum Gasteiger partial charge on any atom is -0.497 e. The van der Waals surface area contributed by atoms with Gasteiger partial charge in [-0.3, -0.25) is 14.6 Å². The third-order valence-corrected chi connectivity index (χ3v) is 6.02. The molecule has 2 heterocycles. The van der Waals surface area contributed by atoms with Crippen molar-refractivity contribution in [3.05, 3.63) is 71.2 Å². The Bertz CT molecular complexity index is 1150. The average Bonchev–Trinajstić information content (AvgIpc) is 2.82. The molecular weight excluding hydrogens is 409 g/mol. The number of likely N-dealkylation sites (tertiary alicyclic amines) is 1. The van der Waals surface area contributed by atoms with Crippen LogP contribution < -0.4 is 10.5 Å². The van der Waals surface area contributed by atoms with Gasteiger partial charge in [-0.25, -0.2) is 4.39 Å². The predicted molar refractivity (Wildman–Crippen MR) is 120 cm³/mol. The van der Waals surface area contributed by atoms with Gasteiger partial charge in [0.2, 0.25) is 5.91 Å². The van der Waals surface area contributed by atoms with Gasteiger partial charge in [0.25, 0.3) is 5.91 Å². The Balaban J connectivity index is 1.49. The normalized spacial score (nSPS) is 16.2. The molecule has 32 heavy (non-hydrogen) atoms. The lowest BCUT2D eigenvalue weighted by Gasteiger charge is -2.33. The van der Waals surface area contributed by atoms with E-state index >= 15 is 0 Å². The molecule has 0 bridgehead atoms. The van der Waals surface area contributed by atoms with E-state index in [1.165, 1.54) is 12.1 Å². The summed E-state index contributed by atoms with van der Waals surface area (Å²) in [5, 5.41) is 0.533. The first kappa shape index (κ1) is 21.7. The average molecular weight is 435 g/mol. The molecule has 1 atom stereocenters. The highest BCUT2D eigenvalue weighted by atomic mass is 19.1. The highest BCUT2D eigenvalue weighted by molar-refractivity contribution is 5.97. The number of pyridine rings is 1. The number of ether oxygens (including phenoxy) is 1. The molecular formula is C25H26FN3O3. The minimum atomic E-state index is -0.596. The summed E-state index contributed by atoms with van der Waals surface area (Å²) in [5.74, 6) is -0.218. The molecule has 4 rings (SSSR count). The molecule has 7 heteroatoms. The molecule has 1 aliphatic heterocycles. The Hall–Kier alpha value is -3.48. The summed E-state index contributed by atoms with van der Waals surface area (Å²) in [6.45, 7) is 1.17. The second-order valence-electron chi connectivity index (χ2n) is 8.15. The van der Waals surface area contributed by atoms with E-state index in [1.54, 1.807) is 19.2 Å². The number of fused-ring (bicyclic) bond motifs is 1. The molecule has 0 saturated carbocycles. The molecule has 0 radical (unpaired) electrons. The molecule has 3 aromatic rings. The topological polar surface area (TPSA) is 85.5 Å². The van der Waals surface area contributed by atoms with Gasteiger partial charge in [0.1, 0.15) is 11.6 Å². The van der Waals surface area contributed by atoms with E-state index in [2.05, 4.69) is 4.98 Å². The molecule has 1 aliphatic rings. The number of nitrogens with two attached hydrogens (primary N) is 1. The van der Waals surface area contributed by atoms with Crippen LogP contribution in [0.2, 0.25) is 0 Å². The maximum Gasteiger partial charge on any atom is 0.250 e. The number of primary amides is 1. The molecule has 1 aromatic heterocycles. The van der Waals surface area contributed by atoms with E-state index in [-0.39, 0.29) is 11.8 Å². The van der Waals surface area contributed by atoms with Gasteiger partial charge in [0, 0.05) is 30.8 Å². The highest BCUT2D eigenvalue weighted by Gasteiger charge is 2.28. The van der Waals surface area contributed by atoms with Crippen LogP contribution in [0, 0.1) is 5.82 Å². The van der Waals surface area contributed by atoms with Crippen molar-refractivity contribution in [2.45, 2.75) is 31.6 Å². The molecule has 1 saturated heterocycles. The molecule has 2 aromatic carbocycles. The number of halogens is 1. The number of benzene rings is 2. The number of nitrogens with zero attached hydrogens (tertiary/aromatic N) is 2. The van der Waals surface area contributed by atoms with Gasteiger partial charge in [0.15, 0.2) is 0 Å². The molecule has 2 N–H and O–H groups in total. The second kappa shape index (κ2) is 9.34. The van der Waals surface area contributed by atoms with Crippen molar-refractivity contribution in [1.29, 1.82) is 0 Å². The van der Waals surface area contributed by atoms with Crippen molar-refractivity contribution in [1.82, 2.24) is 9.88 Å². The van der Waals surface area contributed by atoms with Crippen LogP contribution in [0.15, 0.2) is 48.5 Å². The molecule has 166 valence electrons. The Morgan fingerprint density at radius 1 is 1.19 bits per heavy atom. The van der Waals surface area contributed by atoms with Crippen LogP contribution in [0.25, 0.3) is 10.9 Å². The summed E-state index contributed by atoms with van der Waals surface area (Å²) in [4.78, 5) is 31.5. The van der Waals surface area contributed by atoms with E-state index in [0.29, 0.717) is 48.1 Å². The van der Waals surface area contributed by atoms with Crippen LogP contribution in [-0.2, 0) is 11.2 Å². The molecule has 1 fully saturated rings. The van der Waals surface area contributed by atoms with Crippen LogP contribution in [0.1, 0.15) is 46.8 Å².